The SMILES string of the molecule is O=C(Nc1ccc(Cl)cc1)C1(C(=O)N2CCN(c3ncccn3)CC2)CC1. The van der Waals surface area contributed by atoms with E-state index in [1.807, 2.05) is 0 Å². The molecule has 1 aliphatic heterocycles. The van der Waals surface area contributed by atoms with Crippen molar-refractivity contribution in [3.8, 4) is 0 Å². The Morgan fingerprint density at radius 2 is 1.63 bits per heavy atom. The van der Waals surface area contributed by atoms with Gasteiger partial charge in [0.15, 0.2) is 0 Å². The molecule has 1 N–H and O–H groups in total. The number of amides is 2. The van der Waals surface area contributed by atoms with E-state index in [0.717, 1.165) is 0 Å². The normalized spacial score (nSPS) is 18.1. The van der Waals surface area contributed by atoms with Crippen LogP contribution in [-0.4, -0.2) is 52.9 Å². The van der Waals surface area contributed by atoms with Gasteiger partial charge in [-0.15, -0.1) is 0 Å². The molecule has 8 heteroatoms. The van der Waals surface area contributed by atoms with E-state index in [1.165, 1.54) is 0 Å². The van der Waals surface area contributed by atoms with Crippen molar-refractivity contribution >= 4 is 35.1 Å². The van der Waals surface area contributed by atoms with Crippen molar-refractivity contribution in [1.82, 2.24) is 14.9 Å². The molecule has 1 aromatic heterocycles. The second-order valence-corrected chi connectivity index (χ2v) is 7.31. The summed E-state index contributed by atoms with van der Waals surface area (Å²) in [6, 6.07) is 8.67. The summed E-state index contributed by atoms with van der Waals surface area (Å²) < 4.78 is 0. The van der Waals surface area contributed by atoms with Crippen LogP contribution >= 0.6 is 11.6 Å². The fraction of sp³-hybridized carbons (Fsp3) is 0.368. The Morgan fingerprint density at radius 3 is 2.22 bits per heavy atom. The second kappa shape index (κ2) is 7.15. The number of piperazine rings is 1. The van der Waals surface area contributed by atoms with Crippen LogP contribution in [0.3, 0.4) is 0 Å². The van der Waals surface area contributed by atoms with Crippen LogP contribution in [0.5, 0.6) is 0 Å². The largest absolute Gasteiger partial charge is 0.338 e. The molecule has 2 aromatic rings. The first-order valence-corrected chi connectivity index (χ1v) is 9.35. The topological polar surface area (TPSA) is 78.4 Å². The van der Waals surface area contributed by atoms with Gasteiger partial charge >= 0.3 is 0 Å². The van der Waals surface area contributed by atoms with E-state index in [-0.39, 0.29) is 11.8 Å². The smallest absolute Gasteiger partial charge is 0.240 e. The molecule has 0 atom stereocenters. The van der Waals surface area contributed by atoms with Gasteiger partial charge < -0.3 is 15.1 Å². The van der Waals surface area contributed by atoms with Gasteiger partial charge in [-0.2, -0.15) is 0 Å². The van der Waals surface area contributed by atoms with Crippen molar-refractivity contribution < 1.29 is 9.59 Å². The average molecular weight is 386 g/mol. The minimum Gasteiger partial charge on any atom is -0.338 e. The molecule has 2 heterocycles. The highest BCUT2D eigenvalue weighted by atomic mass is 35.5. The molecular weight excluding hydrogens is 366 g/mol. The molecule has 1 aliphatic carbocycles. The van der Waals surface area contributed by atoms with Crippen LogP contribution in [0.15, 0.2) is 42.7 Å². The second-order valence-electron chi connectivity index (χ2n) is 6.87. The zero-order chi connectivity index (χ0) is 18.9. The van der Waals surface area contributed by atoms with Crippen molar-refractivity contribution in [2.75, 3.05) is 36.4 Å². The molecule has 2 amide bonds. The highest BCUT2D eigenvalue weighted by Crippen LogP contribution is 2.48. The third-order valence-electron chi connectivity index (χ3n) is 5.10. The Labute approximate surface area is 162 Å². The number of hydrogen-bond donors (Lipinski definition) is 1. The van der Waals surface area contributed by atoms with Gasteiger partial charge in [0.1, 0.15) is 5.41 Å². The summed E-state index contributed by atoms with van der Waals surface area (Å²) in [5, 5.41) is 3.45. The van der Waals surface area contributed by atoms with Crippen molar-refractivity contribution in [2.45, 2.75) is 12.8 Å². The average Bonchev–Trinajstić information content (AvgIpc) is 3.52. The summed E-state index contributed by atoms with van der Waals surface area (Å²) in [5.41, 5.74) is -0.278. The Balaban J connectivity index is 1.38. The lowest BCUT2D eigenvalue weighted by Crippen LogP contribution is -2.53. The van der Waals surface area contributed by atoms with Crippen LogP contribution in [0.4, 0.5) is 11.6 Å². The Hall–Kier alpha value is -2.67. The first-order chi connectivity index (χ1) is 13.1. The third-order valence-corrected chi connectivity index (χ3v) is 5.35. The molecule has 1 saturated heterocycles. The van der Waals surface area contributed by atoms with Gasteiger partial charge in [0, 0.05) is 49.3 Å². The first kappa shape index (κ1) is 17.7. The minimum atomic E-state index is -0.926. The molecular formula is C19H20ClN5O2. The van der Waals surface area contributed by atoms with Crippen molar-refractivity contribution in [1.29, 1.82) is 0 Å². The zero-order valence-electron chi connectivity index (χ0n) is 14.8. The Bertz CT molecular complexity index is 831. The summed E-state index contributed by atoms with van der Waals surface area (Å²) in [6.45, 7) is 2.44. The number of nitrogens with zero attached hydrogens (tertiary/aromatic N) is 4. The van der Waals surface area contributed by atoms with E-state index in [4.69, 9.17) is 11.6 Å². The number of aromatic nitrogens is 2. The monoisotopic (exact) mass is 385 g/mol. The van der Waals surface area contributed by atoms with Gasteiger partial charge in [-0.3, -0.25) is 9.59 Å². The molecule has 140 valence electrons. The molecule has 4 rings (SSSR count). The maximum atomic E-state index is 13.0. The summed E-state index contributed by atoms with van der Waals surface area (Å²) in [6.07, 6.45) is 4.60. The predicted octanol–water partition coefficient (Wildman–Crippen LogP) is 2.20. The number of hydrogen-bond acceptors (Lipinski definition) is 5. The molecule has 27 heavy (non-hydrogen) atoms. The van der Waals surface area contributed by atoms with Crippen LogP contribution in [-0.2, 0) is 9.59 Å². The highest BCUT2D eigenvalue weighted by molar-refractivity contribution is 6.30. The summed E-state index contributed by atoms with van der Waals surface area (Å²) in [7, 11) is 0. The van der Waals surface area contributed by atoms with E-state index in [0.29, 0.717) is 55.7 Å². The van der Waals surface area contributed by atoms with Gasteiger partial charge in [0.25, 0.3) is 0 Å². The minimum absolute atomic E-state index is 0.0809. The van der Waals surface area contributed by atoms with Gasteiger partial charge in [-0.25, -0.2) is 9.97 Å². The molecule has 0 bridgehead atoms. The molecule has 0 radical (unpaired) electrons. The summed E-state index contributed by atoms with van der Waals surface area (Å²) in [5.74, 6) is 0.359. The fourth-order valence-electron chi connectivity index (χ4n) is 3.31. The first-order valence-electron chi connectivity index (χ1n) is 8.97. The quantitative estimate of drug-likeness (QED) is 0.816. The van der Waals surface area contributed by atoms with Crippen LogP contribution in [0.2, 0.25) is 5.02 Å². The highest BCUT2D eigenvalue weighted by Gasteiger charge is 2.58. The van der Waals surface area contributed by atoms with Crippen LogP contribution < -0.4 is 10.2 Å². The number of carbonyl (C=O) groups excluding carboxylic acids is 2. The van der Waals surface area contributed by atoms with Crippen molar-refractivity contribution in [3.05, 3.63) is 47.7 Å². The van der Waals surface area contributed by atoms with Gasteiger partial charge in [-0.05, 0) is 43.2 Å². The van der Waals surface area contributed by atoms with Crippen LogP contribution in [0, 0.1) is 5.41 Å². The number of nitrogens with one attached hydrogen (secondary N) is 1. The molecule has 1 aromatic carbocycles. The number of anilines is 2. The number of rotatable bonds is 4. The lowest BCUT2D eigenvalue weighted by molar-refractivity contribution is -0.142. The van der Waals surface area contributed by atoms with Crippen molar-refractivity contribution in [3.63, 3.8) is 0 Å². The maximum absolute atomic E-state index is 13.0. The predicted molar refractivity (Wildman–Crippen MR) is 103 cm³/mol. The number of carbonyl (C=O) groups is 2. The van der Waals surface area contributed by atoms with E-state index >= 15 is 0 Å². The molecule has 1 saturated carbocycles. The number of benzene rings is 1. The van der Waals surface area contributed by atoms with Gasteiger partial charge in [0.05, 0.1) is 0 Å². The van der Waals surface area contributed by atoms with E-state index in [2.05, 4.69) is 20.2 Å². The van der Waals surface area contributed by atoms with Crippen LogP contribution in [0.25, 0.3) is 0 Å². The Kier molecular flexibility index (Phi) is 4.70. The van der Waals surface area contributed by atoms with Gasteiger partial charge in [-0.1, -0.05) is 11.6 Å². The van der Waals surface area contributed by atoms with Crippen molar-refractivity contribution in [2.24, 2.45) is 5.41 Å². The summed E-state index contributed by atoms with van der Waals surface area (Å²) >= 11 is 5.87. The summed E-state index contributed by atoms with van der Waals surface area (Å²) in [4.78, 5) is 38.1. The van der Waals surface area contributed by atoms with E-state index in [9.17, 15) is 9.59 Å². The number of halogens is 1. The van der Waals surface area contributed by atoms with E-state index < -0.39 is 5.41 Å². The fourth-order valence-corrected chi connectivity index (χ4v) is 3.44. The lowest BCUT2D eigenvalue weighted by Gasteiger charge is -2.36. The van der Waals surface area contributed by atoms with Crippen LogP contribution in [0.1, 0.15) is 12.8 Å². The van der Waals surface area contributed by atoms with Gasteiger partial charge in [0.2, 0.25) is 17.8 Å². The zero-order valence-corrected chi connectivity index (χ0v) is 15.5. The van der Waals surface area contributed by atoms with E-state index in [1.54, 1.807) is 47.6 Å². The molecule has 2 aliphatic rings. The molecule has 0 unspecified atom stereocenters. The lowest BCUT2D eigenvalue weighted by atomic mass is 10.0. The Morgan fingerprint density at radius 1 is 1.00 bits per heavy atom. The standard InChI is InChI=1S/C19H20ClN5O2/c20-14-2-4-15(5-3-14)23-16(26)19(6-7-19)17(27)24-10-12-25(13-11-24)18-21-8-1-9-22-18/h1-5,8-9H,6-7,10-13H2,(H,23,26). The third kappa shape index (κ3) is 3.60. The molecule has 0 spiro atoms. The molecule has 7 nitrogen and oxygen atoms in total. The maximum Gasteiger partial charge on any atom is 0.240 e. The molecule has 2 fully saturated rings.